The highest BCUT2D eigenvalue weighted by atomic mass is 79.9. The molecule has 5 heteroatoms. The van der Waals surface area contributed by atoms with Crippen LogP contribution in [0.5, 0.6) is 0 Å². The van der Waals surface area contributed by atoms with E-state index in [1.54, 1.807) is 11.0 Å². The summed E-state index contributed by atoms with van der Waals surface area (Å²) in [5.41, 5.74) is 3.70. The minimum atomic E-state index is -0.471. The van der Waals surface area contributed by atoms with Gasteiger partial charge in [0.1, 0.15) is 0 Å². The average Bonchev–Trinajstić information content (AvgIpc) is 2.90. The molecule has 0 spiro atoms. The van der Waals surface area contributed by atoms with Gasteiger partial charge in [0.05, 0.1) is 18.3 Å². The smallest absolute Gasteiger partial charge is 0.340 e. The molecule has 0 bridgehead atoms. The molecule has 1 aromatic carbocycles. The van der Waals surface area contributed by atoms with E-state index in [2.05, 4.69) is 22.0 Å². The van der Waals surface area contributed by atoms with Crippen molar-refractivity contribution in [3.8, 4) is 0 Å². The van der Waals surface area contributed by atoms with Crippen LogP contribution in [-0.4, -0.2) is 30.4 Å². The van der Waals surface area contributed by atoms with Crippen molar-refractivity contribution in [2.24, 2.45) is 0 Å². The van der Waals surface area contributed by atoms with E-state index in [0.29, 0.717) is 23.4 Å². The minimum Gasteiger partial charge on any atom is -0.465 e. The summed E-state index contributed by atoms with van der Waals surface area (Å²) >= 11 is 3.44. The van der Waals surface area contributed by atoms with E-state index in [4.69, 9.17) is 4.74 Å². The standard InChI is InChI=1S/C22H24BrNO3/c1-15-20(22(26)27-2)19(14-17-9-6-10-18(23)13-17)21(25)24(15)12-11-16-7-4-3-5-8-16/h6-7,9-10,13-14H,3-5,8,11-12H2,1-2H3/b19-14+. The van der Waals surface area contributed by atoms with Crippen molar-refractivity contribution in [1.82, 2.24) is 4.90 Å². The number of hydrogen-bond acceptors (Lipinski definition) is 3. The molecule has 4 nitrogen and oxygen atoms in total. The lowest BCUT2D eigenvalue weighted by molar-refractivity contribution is -0.136. The summed E-state index contributed by atoms with van der Waals surface area (Å²) < 4.78 is 5.87. The molecule has 0 radical (unpaired) electrons. The van der Waals surface area contributed by atoms with Crippen molar-refractivity contribution >= 4 is 33.9 Å². The highest BCUT2D eigenvalue weighted by molar-refractivity contribution is 9.10. The predicted molar refractivity (Wildman–Crippen MR) is 110 cm³/mol. The Hall–Kier alpha value is -2.14. The summed E-state index contributed by atoms with van der Waals surface area (Å²) in [6.07, 6.45) is 9.61. The molecule has 0 aromatic heterocycles. The number of carbonyl (C=O) groups excluding carboxylic acids is 2. The number of benzene rings is 1. The summed E-state index contributed by atoms with van der Waals surface area (Å²) in [7, 11) is 1.35. The third-order valence-corrected chi connectivity index (χ3v) is 5.60. The van der Waals surface area contributed by atoms with Gasteiger partial charge < -0.3 is 9.64 Å². The van der Waals surface area contributed by atoms with Gasteiger partial charge in [0.15, 0.2) is 0 Å². The van der Waals surface area contributed by atoms with Gasteiger partial charge in [-0.15, -0.1) is 0 Å². The fraction of sp³-hybridized carbons (Fsp3) is 0.364. The summed E-state index contributed by atoms with van der Waals surface area (Å²) in [6, 6.07) is 7.65. The van der Waals surface area contributed by atoms with Crippen LogP contribution in [0.4, 0.5) is 0 Å². The van der Waals surface area contributed by atoms with Crippen molar-refractivity contribution in [2.45, 2.75) is 39.0 Å². The Bertz CT molecular complexity index is 851. The number of esters is 1. The number of amides is 1. The van der Waals surface area contributed by atoms with Crippen LogP contribution in [0.15, 0.2) is 57.2 Å². The summed E-state index contributed by atoms with van der Waals surface area (Å²) in [5.74, 6) is -0.606. The van der Waals surface area contributed by atoms with Gasteiger partial charge in [-0.1, -0.05) is 39.7 Å². The first kappa shape index (κ1) is 19.6. The van der Waals surface area contributed by atoms with Gasteiger partial charge >= 0.3 is 5.97 Å². The maximum absolute atomic E-state index is 13.1. The maximum Gasteiger partial charge on any atom is 0.340 e. The van der Waals surface area contributed by atoms with E-state index in [1.807, 2.05) is 31.2 Å². The molecular weight excluding hydrogens is 406 g/mol. The van der Waals surface area contributed by atoms with E-state index in [0.717, 1.165) is 29.3 Å². The molecular formula is C22H24BrNO3. The van der Waals surface area contributed by atoms with Crippen molar-refractivity contribution in [1.29, 1.82) is 0 Å². The number of nitrogens with zero attached hydrogens (tertiary/aromatic N) is 1. The van der Waals surface area contributed by atoms with Crippen LogP contribution in [0.1, 0.15) is 44.6 Å². The molecule has 0 saturated heterocycles. The van der Waals surface area contributed by atoms with Gasteiger partial charge in [0.25, 0.3) is 5.91 Å². The highest BCUT2D eigenvalue weighted by Crippen LogP contribution is 2.33. The Balaban J connectivity index is 1.90. The van der Waals surface area contributed by atoms with Crippen molar-refractivity contribution in [3.63, 3.8) is 0 Å². The molecule has 0 saturated carbocycles. The molecule has 27 heavy (non-hydrogen) atoms. The van der Waals surface area contributed by atoms with E-state index in [1.165, 1.54) is 25.5 Å². The molecule has 142 valence electrons. The molecule has 1 amide bonds. The second-order valence-electron chi connectivity index (χ2n) is 6.88. The number of ether oxygens (including phenoxy) is 1. The first-order valence-electron chi connectivity index (χ1n) is 9.28. The maximum atomic E-state index is 13.1. The van der Waals surface area contributed by atoms with Crippen LogP contribution in [0, 0.1) is 0 Å². The van der Waals surface area contributed by atoms with E-state index < -0.39 is 5.97 Å². The molecule has 2 aliphatic rings. The number of carbonyl (C=O) groups is 2. The van der Waals surface area contributed by atoms with Gasteiger partial charge in [-0.2, -0.15) is 0 Å². The Morgan fingerprint density at radius 3 is 2.81 bits per heavy atom. The zero-order valence-corrected chi connectivity index (χ0v) is 17.3. The van der Waals surface area contributed by atoms with Crippen molar-refractivity contribution in [3.05, 3.63) is 62.8 Å². The van der Waals surface area contributed by atoms with Crippen LogP contribution in [0.3, 0.4) is 0 Å². The first-order valence-corrected chi connectivity index (χ1v) is 10.1. The van der Waals surface area contributed by atoms with Gasteiger partial charge in [0, 0.05) is 16.7 Å². The molecule has 3 rings (SSSR count). The molecule has 0 fully saturated rings. The fourth-order valence-electron chi connectivity index (χ4n) is 3.65. The quantitative estimate of drug-likeness (QED) is 0.375. The van der Waals surface area contributed by atoms with Crippen LogP contribution in [0.25, 0.3) is 6.08 Å². The Labute approximate surface area is 168 Å². The summed E-state index contributed by atoms with van der Waals surface area (Å²) in [4.78, 5) is 27.2. The number of rotatable bonds is 5. The molecule has 0 unspecified atom stereocenters. The number of hydrogen-bond donors (Lipinski definition) is 0. The van der Waals surface area contributed by atoms with Crippen LogP contribution in [0.2, 0.25) is 0 Å². The van der Waals surface area contributed by atoms with E-state index in [9.17, 15) is 9.59 Å². The van der Waals surface area contributed by atoms with Gasteiger partial charge in [-0.25, -0.2) is 4.79 Å². The SMILES string of the molecule is COC(=O)C1=C(C)N(CCC2=CCCCC2)C(=O)/C1=C/c1cccc(Br)c1. The lowest BCUT2D eigenvalue weighted by Gasteiger charge is -2.20. The molecule has 0 atom stereocenters. The zero-order chi connectivity index (χ0) is 19.4. The minimum absolute atomic E-state index is 0.135. The van der Waals surface area contributed by atoms with Gasteiger partial charge in [-0.05, 0) is 62.8 Å². The van der Waals surface area contributed by atoms with Crippen LogP contribution >= 0.6 is 15.9 Å². The molecule has 1 aliphatic carbocycles. The predicted octanol–water partition coefficient (Wildman–Crippen LogP) is 5.01. The lowest BCUT2D eigenvalue weighted by atomic mass is 9.97. The molecule has 0 N–H and O–H groups in total. The number of allylic oxidation sites excluding steroid dienone is 2. The molecule has 1 aliphatic heterocycles. The molecule has 1 aromatic rings. The average molecular weight is 430 g/mol. The monoisotopic (exact) mass is 429 g/mol. The Kier molecular flexibility index (Phi) is 6.32. The first-order chi connectivity index (χ1) is 13.0. The van der Waals surface area contributed by atoms with Gasteiger partial charge in [-0.3, -0.25) is 4.79 Å². The largest absolute Gasteiger partial charge is 0.465 e. The third-order valence-electron chi connectivity index (χ3n) is 5.10. The fourth-order valence-corrected chi connectivity index (χ4v) is 4.06. The topological polar surface area (TPSA) is 46.6 Å². The zero-order valence-electron chi connectivity index (χ0n) is 15.8. The molecule has 1 heterocycles. The van der Waals surface area contributed by atoms with Crippen molar-refractivity contribution < 1.29 is 14.3 Å². The second kappa shape index (κ2) is 8.70. The van der Waals surface area contributed by atoms with E-state index in [-0.39, 0.29) is 5.91 Å². The number of halogens is 1. The number of methoxy groups -OCH3 is 1. The summed E-state index contributed by atoms with van der Waals surface area (Å²) in [5, 5.41) is 0. The summed E-state index contributed by atoms with van der Waals surface area (Å²) in [6.45, 7) is 2.41. The van der Waals surface area contributed by atoms with E-state index >= 15 is 0 Å². The lowest BCUT2D eigenvalue weighted by Crippen LogP contribution is -2.26. The second-order valence-corrected chi connectivity index (χ2v) is 7.80. The van der Waals surface area contributed by atoms with Crippen LogP contribution < -0.4 is 0 Å². The van der Waals surface area contributed by atoms with Crippen molar-refractivity contribution in [2.75, 3.05) is 13.7 Å². The highest BCUT2D eigenvalue weighted by Gasteiger charge is 2.36. The Morgan fingerprint density at radius 1 is 1.33 bits per heavy atom. The third kappa shape index (κ3) is 4.41. The Morgan fingerprint density at radius 2 is 2.15 bits per heavy atom. The van der Waals surface area contributed by atoms with Crippen LogP contribution in [-0.2, 0) is 14.3 Å². The van der Waals surface area contributed by atoms with Gasteiger partial charge in [0.2, 0.25) is 0 Å². The normalized spacial score (nSPS) is 18.9.